The number of carbonyl (C=O) groups excluding carboxylic acids is 1. The lowest BCUT2D eigenvalue weighted by atomic mass is 10.1. The van der Waals surface area contributed by atoms with E-state index in [0.29, 0.717) is 13.0 Å². The fourth-order valence-electron chi connectivity index (χ4n) is 2.25. The van der Waals surface area contributed by atoms with Crippen molar-refractivity contribution in [3.05, 3.63) is 29.1 Å². The molecular weight excluding hydrogens is 299 g/mol. The van der Waals surface area contributed by atoms with Crippen molar-refractivity contribution in [2.45, 2.75) is 37.3 Å². The second-order valence-corrected chi connectivity index (χ2v) is 6.62. The first-order valence-electron chi connectivity index (χ1n) is 6.45. The number of hydrogen-bond donors (Lipinski definition) is 2. The Hall–Kier alpha value is -1.51. The van der Waals surface area contributed by atoms with Crippen LogP contribution in [0.3, 0.4) is 0 Å². The molecule has 0 aromatic heterocycles. The molecule has 0 spiro atoms. The van der Waals surface area contributed by atoms with Crippen LogP contribution < -0.4 is 10.5 Å². The van der Waals surface area contributed by atoms with Gasteiger partial charge in [-0.25, -0.2) is 17.9 Å². The Kier molecular flexibility index (Phi) is 4.31. The Labute approximate surface area is 122 Å². The molecule has 8 heteroatoms. The summed E-state index contributed by atoms with van der Waals surface area (Å²) in [7, 11) is -4.23. The summed E-state index contributed by atoms with van der Waals surface area (Å²) in [6, 6.07) is 2.09. The normalized spacial score (nSPS) is 22.3. The van der Waals surface area contributed by atoms with Crippen LogP contribution in [0.1, 0.15) is 29.3 Å². The van der Waals surface area contributed by atoms with E-state index in [1.807, 2.05) is 6.92 Å². The molecule has 1 fully saturated rings. The number of sulfonamides is 1. The fourth-order valence-corrected chi connectivity index (χ4v) is 2.95. The fraction of sp³-hybridized carbons (Fsp3) is 0.462. The highest BCUT2D eigenvalue weighted by Crippen LogP contribution is 2.20. The number of nitrogens with two attached hydrogens (primary N) is 1. The number of benzene rings is 1. The summed E-state index contributed by atoms with van der Waals surface area (Å²) >= 11 is 0. The molecule has 1 heterocycles. The number of ether oxygens (including phenoxy) is 1. The van der Waals surface area contributed by atoms with Crippen LogP contribution in [-0.4, -0.2) is 33.1 Å². The first-order chi connectivity index (χ1) is 9.70. The van der Waals surface area contributed by atoms with E-state index in [1.165, 1.54) is 13.0 Å². The minimum Gasteiger partial charge on any atom is -0.376 e. The highest BCUT2D eigenvalue weighted by atomic mass is 32.2. The maximum absolute atomic E-state index is 13.8. The van der Waals surface area contributed by atoms with Crippen LogP contribution in [0.2, 0.25) is 0 Å². The molecule has 1 aliphatic heterocycles. The van der Waals surface area contributed by atoms with Gasteiger partial charge in [0.2, 0.25) is 10.0 Å². The van der Waals surface area contributed by atoms with E-state index in [2.05, 4.69) is 5.32 Å². The van der Waals surface area contributed by atoms with Gasteiger partial charge in [-0.1, -0.05) is 0 Å². The number of halogens is 1. The van der Waals surface area contributed by atoms with E-state index in [4.69, 9.17) is 9.88 Å². The molecule has 116 valence electrons. The standard InChI is InChI=1S/C13H17FN2O4S/c1-7-5-9(6-11(12(7)14)21(15,18)19)13(17)16-10-3-4-20-8(10)2/h5-6,8,10H,3-4H2,1-2H3,(H,16,17)(H2,15,18,19). The first kappa shape index (κ1) is 15.9. The lowest BCUT2D eigenvalue weighted by Crippen LogP contribution is -2.39. The largest absolute Gasteiger partial charge is 0.376 e. The second kappa shape index (κ2) is 5.70. The molecule has 0 aliphatic carbocycles. The van der Waals surface area contributed by atoms with Crippen LogP contribution in [0.5, 0.6) is 0 Å². The van der Waals surface area contributed by atoms with Crippen LogP contribution in [0.15, 0.2) is 17.0 Å². The van der Waals surface area contributed by atoms with Crippen molar-refractivity contribution in [1.82, 2.24) is 5.32 Å². The van der Waals surface area contributed by atoms with Gasteiger partial charge in [-0.05, 0) is 38.0 Å². The Morgan fingerprint density at radius 3 is 2.67 bits per heavy atom. The van der Waals surface area contributed by atoms with E-state index >= 15 is 0 Å². The molecule has 1 aliphatic rings. The third kappa shape index (κ3) is 3.39. The van der Waals surface area contributed by atoms with Crippen molar-refractivity contribution in [1.29, 1.82) is 0 Å². The zero-order valence-corrected chi connectivity index (χ0v) is 12.5. The SMILES string of the molecule is Cc1cc(C(=O)NC2CCOC2C)cc(S(N)(=O)=O)c1F. The molecule has 3 N–H and O–H groups in total. The summed E-state index contributed by atoms with van der Waals surface area (Å²) in [5.41, 5.74) is 0.0967. The molecule has 21 heavy (non-hydrogen) atoms. The molecule has 2 rings (SSSR count). The minimum absolute atomic E-state index is 0.0439. The second-order valence-electron chi connectivity index (χ2n) is 5.09. The highest BCUT2D eigenvalue weighted by Gasteiger charge is 2.27. The summed E-state index contributed by atoms with van der Waals surface area (Å²) in [4.78, 5) is 11.5. The van der Waals surface area contributed by atoms with E-state index in [-0.39, 0.29) is 23.3 Å². The quantitative estimate of drug-likeness (QED) is 0.857. The summed E-state index contributed by atoms with van der Waals surface area (Å²) in [6.07, 6.45) is 0.558. The van der Waals surface area contributed by atoms with E-state index in [1.54, 1.807) is 0 Å². The number of hydrogen-bond acceptors (Lipinski definition) is 4. The third-order valence-electron chi connectivity index (χ3n) is 3.48. The molecule has 2 unspecified atom stereocenters. The van der Waals surface area contributed by atoms with Crippen molar-refractivity contribution in [2.24, 2.45) is 5.14 Å². The van der Waals surface area contributed by atoms with Gasteiger partial charge in [0.05, 0.1) is 12.1 Å². The number of carbonyl (C=O) groups is 1. The number of rotatable bonds is 3. The lowest BCUT2D eigenvalue weighted by molar-refractivity contribution is 0.0866. The first-order valence-corrected chi connectivity index (χ1v) is 8.00. The summed E-state index contributed by atoms with van der Waals surface area (Å²) in [5.74, 6) is -1.42. The molecule has 1 amide bonds. The van der Waals surface area contributed by atoms with Gasteiger partial charge in [0.1, 0.15) is 10.7 Å². The Morgan fingerprint density at radius 2 is 2.14 bits per heavy atom. The number of primary sulfonamides is 1. The third-order valence-corrected chi connectivity index (χ3v) is 4.39. The van der Waals surface area contributed by atoms with E-state index in [9.17, 15) is 17.6 Å². The van der Waals surface area contributed by atoms with Crippen molar-refractivity contribution in [2.75, 3.05) is 6.61 Å². The van der Waals surface area contributed by atoms with Gasteiger partial charge < -0.3 is 10.1 Å². The Bertz CT molecular complexity index is 675. The predicted octanol–water partition coefficient (Wildman–Crippen LogP) is 0.689. The minimum atomic E-state index is -4.23. The van der Waals surface area contributed by atoms with Gasteiger partial charge >= 0.3 is 0 Å². The van der Waals surface area contributed by atoms with Gasteiger partial charge in [0.25, 0.3) is 5.91 Å². The van der Waals surface area contributed by atoms with Crippen LogP contribution in [-0.2, 0) is 14.8 Å². The average molecular weight is 316 g/mol. The van der Waals surface area contributed by atoms with Crippen LogP contribution >= 0.6 is 0 Å². The van der Waals surface area contributed by atoms with Crippen LogP contribution in [0.4, 0.5) is 4.39 Å². The van der Waals surface area contributed by atoms with Crippen molar-refractivity contribution < 1.29 is 22.3 Å². The maximum atomic E-state index is 13.8. The van der Waals surface area contributed by atoms with Crippen molar-refractivity contribution >= 4 is 15.9 Å². The van der Waals surface area contributed by atoms with Gasteiger partial charge in [-0.2, -0.15) is 0 Å². The zero-order chi connectivity index (χ0) is 15.8. The predicted molar refractivity (Wildman–Crippen MR) is 73.8 cm³/mol. The smallest absolute Gasteiger partial charge is 0.251 e. The topological polar surface area (TPSA) is 98.5 Å². The molecule has 2 atom stereocenters. The molecule has 0 bridgehead atoms. The molecule has 0 saturated carbocycles. The molecule has 0 radical (unpaired) electrons. The van der Waals surface area contributed by atoms with Gasteiger partial charge in [-0.3, -0.25) is 4.79 Å². The molecule has 1 aromatic rings. The zero-order valence-electron chi connectivity index (χ0n) is 11.7. The van der Waals surface area contributed by atoms with Crippen molar-refractivity contribution in [3.63, 3.8) is 0 Å². The number of nitrogens with one attached hydrogen (secondary N) is 1. The number of amides is 1. The lowest BCUT2D eigenvalue weighted by Gasteiger charge is -2.16. The molecule has 1 saturated heterocycles. The van der Waals surface area contributed by atoms with Gasteiger partial charge in [0.15, 0.2) is 0 Å². The molecular formula is C13H17FN2O4S. The maximum Gasteiger partial charge on any atom is 0.251 e. The summed E-state index contributed by atoms with van der Waals surface area (Å²) in [6.45, 7) is 3.77. The molecule has 6 nitrogen and oxygen atoms in total. The summed E-state index contributed by atoms with van der Waals surface area (Å²) in [5, 5.41) is 7.71. The van der Waals surface area contributed by atoms with Crippen LogP contribution in [0.25, 0.3) is 0 Å². The monoisotopic (exact) mass is 316 g/mol. The Balaban J connectivity index is 2.32. The van der Waals surface area contributed by atoms with Gasteiger partial charge in [-0.15, -0.1) is 0 Å². The number of aryl methyl sites for hydroxylation is 1. The molecule has 1 aromatic carbocycles. The summed E-state index contributed by atoms with van der Waals surface area (Å²) < 4.78 is 41.9. The van der Waals surface area contributed by atoms with Crippen molar-refractivity contribution in [3.8, 4) is 0 Å². The average Bonchev–Trinajstić information content (AvgIpc) is 2.76. The Morgan fingerprint density at radius 1 is 1.48 bits per heavy atom. The van der Waals surface area contributed by atoms with Crippen LogP contribution in [0, 0.1) is 12.7 Å². The van der Waals surface area contributed by atoms with Gasteiger partial charge in [0, 0.05) is 12.2 Å². The van der Waals surface area contributed by atoms with E-state index in [0.717, 1.165) is 6.07 Å². The van der Waals surface area contributed by atoms with E-state index < -0.39 is 26.6 Å². The highest BCUT2D eigenvalue weighted by molar-refractivity contribution is 7.89.